The van der Waals surface area contributed by atoms with Crippen molar-refractivity contribution in [2.45, 2.75) is 65.1 Å². The molecule has 3 aromatic carbocycles. The van der Waals surface area contributed by atoms with E-state index >= 15 is 0 Å². The van der Waals surface area contributed by atoms with Crippen molar-refractivity contribution in [2.24, 2.45) is 10.7 Å². The summed E-state index contributed by atoms with van der Waals surface area (Å²) in [5.41, 5.74) is 9.66. The SMILES string of the molecule is CCCN(CCC)C(=O)c1cc(C=N/C=C\OC)cc(C(=O)N(Cc2cccc(CC)c2)CC(O)C(N)Cc2cc(F)cc(F)c2)c1. The Morgan fingerprint density at radius 2 is 1.51 bits per heavy atom. The van der Waals surface area contributed by atoms with Gasteiger partial charge in [-0.3, -0.25) is 14.6 Å². The van der Waals surface area contributed by atoms with Gasteiger partial charge in [0.1, 0.15) is 17.9 Å². The maximum atomic E-state index is 14.3. The largest absolute Gasteiger partial charge is 0.503 e. The van der Waals surface area contributed by atoms with E-state index in [0.717, 1.165) is 36.5 Å². The van der Waals surface area contributed by atoms with Crippen LogP contribution in [0.15, 0.2) is 78.1 Å². The molecule has 0 spiro atoms. The molecule has 3 rings (SSSR count). The highest BCUT2D eigenvalue weighted by molar-refractivity contribution is 6.02. The third-order valence-corrected chi connectivity index (χ3v) is 7.59. The average molecular weight is 649 g/mol. The smallest absolute Gasteiger partial charge is 0.254 e. The van der Waals surface area contributed by atoms with Crippen LogP contribution in [0.3, 0.4) is 0 Å². The van der Waals surface area contributed by atoms with Crippen molar-refractivity contribution < 1.29 is 28.2 Å². The van der Waals surface area contributed by atoms with E-state index in [-0.39, 0.29) is 31.0 Å². The van der Waals surface area contributed by atoms with Crippen molar-refractivity contribution in [2.75, 3.05) is 26.7 Å². The van der Waals surface area contributed by atoms with E-state index in [2.05, 4.69) is 4.99 Å². The molecule has 2 atom stereocenters. The van der Waals surface area contributed by atoms with Gasteiger partial charge in [0.15, 0.2) is 0 Å². The predicted molar refractivity (Wildman–Crippen MR) is 181 cm³/mol. The Bertz CT molecular complexity index is 1520. The molecule has 3 aromatic rings. The monoisotopic (exact) mass is 648 g/mol. The van der Waals surface area contributed by atoms with E-state index in [1.54, 1.807) is 23.1 Å². The molecule has 0 fully saturated rings. The van der Waals surface area contributed by atoms with Gasteiger partial charge < -0.3 is 25.4 Å². The lowest BCUT2D eigenvalue weighted by Crippen LogP contribution is -2.46. The number of ether oxygens (including phenoxy) is 1. The summed E-state index contributed by atoms with van der Waals surface area (Å²) < 4.78 is 32.5. The van der Waals surface area contributed by atoms with Gasteiger partial charge in [-0.2, -0.15) is 0 Å². The van der Waals surface area contributed by atoms with Crippen LogP contribution < -0.4 is 5.73 Å². The van der Waals surface area contributed by atoms with Gasteiger partial charge in [-0.25, -0.2) is 8.78 Å². The molecule has 0 radical (unpaired) electrons. The molecule has 0 saturated carbocycles. The number of rotatable bonds is 17. The molecule has 10 heteroatoms. The molecule has 0 heterocycles. The van der Waals surface area contributed by atoms with Gasteiger partial charge in [0.05, 0.1) is 19.4 Å². The lowest BCUT2D eigenvalue weighted by Gasteiger charge is -2.29. The number of aliphatic imine (C=N–C) groups is 1. The summed E-state index contributed by atoms with van der Waals surface area (Å²) in [4.78, 5) is 35.4. The molecule has 2 amide bonds. The molecule has 47 heavy (non-hydrogen) atoms. The summed E-state index contributed by atoms with van der Waals surface area (Å²) in [7, 11) is 1.50. The number of carbonyl (C=O) groups excluding carboxylic acids is 2. The number of nitrogens with zero attached hydrogens (tertiary/aromatic N) is 3. The summed E-state index contributed by atoms with van der Waals surface area (Å²) >= 11 is 0. The molecule has 0 aliphatic carbocycles. The number of hydrogen-bond acceptors (Lipinski definition) is 6. The first-order valence-electron chi connectivity index (χ1n) is 16.0. The molecule has 0 aliphatic rings. The third-order valence-electron chi connectivity index (χ3n) is 7.59. The number of benzene rings is 3. The van der Waals surface area contributed by atoms with Crippen molar-refractivity contribution in [3.8, 4) is 0 Å². The summed E-state index contributed by atoms with van der Waals surface area (Å²) in [6.07, 6.45) is 5.52. The minimum atomic E-state index is -1.23. The topological polar surface area (TPSA) is 108 Å². The average Bonchev–Trinajstić information content (AvgIpc) is 3.05. The molecule has 0 bridgehead atoms. The normalized spacial score (nSPS) is 12.8. The first-order valence-corrected chi connectivity index (χ1v) is 16.0. The molecule has 0 aromatic heterocycles. The van der Waals surface area contributed by atoms with Gasteiger partial charge in [-0.1, -0.05) is 45.0 Å². The fourth-order valence-electron chi connectivity index (χ4n) is 5.30. The molecule has 2 unspecified atom stereocenters. The Balaban J connectivity index is 2.02. The Hall–Kier alpha value is -4.41. The molecular weight excluding hydrogens is 602 g/mol. The van der Waals surface area contributed by atoms with Crippen LogP contribution in [0.25, 0.3) is 0 Å². The van der Waals surface area contributed by atoms with Crippen LogP contribution in [0, 0.1) is 11.6 Å². The zero-order chi connectivity index (χ0) is 34.3. The minimum Gasteiger partial charge on any atom is -0.503 e. The summed E-state index contributed by atoms with van der Waals surface area (Å²) in [6, 6.07) is 14.9. The van der Waals surface area contributed by atoms with Crippen LogP contribution in [-0.2, 0) is 24.1 Å². The Morgan fingerprint density at radius 1 is 0.894 bits per heavy atom. The van der Waals surface area contributed by atoms with Crippen LogP contribution in [-0.4, -0.2) is 71.8 Å². The predicted octanol–water partition coefficient (Wildman–Crippen LogP) is 5.90. The van der Waals surface area contributed by atoms with E-state index in [1.165, 1.54) is 42.8 Å². The van der Waals surface area contributed by atoms with Crippen molar-refractivity contribution >= 4 is 18.0 Å². The van der Waals surface area contributed by atoms with Crippen LogP contribution in [0.2, 0.25) is 0 Å². The van der Waals surface area contributed by atoms with E-state index in [9.17, 15) is 23.5 Å². The Kier molecular flexibility index (Phi) is 14.7. The van der Waals surface area contributed by atoms with Crippen molar-refractivity contribution in [3.63, 3.8) is 0 Å². The molecule has 8 nitrogen and oxygen atoms in total. The highest BCUT2D eigenvalue weighted by Crippen LogP contribution is 2.19. The first kappa shape index (κ1) is 37.1. The maximum Gasteiger partial charge on any atom is 0.254 e. The van der Waals surface area contributed by atoms with Gasteiger partial charge in [0.2, 0.25) is 0 Å². The zero-order valence-corrected chi connectivity index (χ0v) is 27.7. The first-order chi connectivity index (χ1) is 22.6. The second kappa shape index (κ2) is 18.7. The van der Waals surface area contributed by atoms with Gasteiger partial charge >= 0.3 is 0 Å². The summed E-state index contributed by atoms with van der Waals surface area (Å²) in [5, 5.41) is 11.2. The molecule has 0 saturated heterocycles. The van der Waals surface area contributed by atoms with Crippen molar-refractivity contribution in [1.29, 1.82) is 0 Å². The molecule has 252 valence electrons. The van der Waals surface area contributed by atoms with Crippen molar-refractivity contribution in [3.05, 3.63) is 118 Å². The lowest BCUT2D eigenvalue weighted by atomic mass is 10.00. The fourth-order valence-corrected chi connectivity index (χ4v) is 5.30. The number of methoxy groups -OCH3 is 1. The highest BCUT2D eigenvalue weighted by Gasteiger charge is 2.26. The van der Waals surface area contributed by atoms with Gasteiger partial charge in [0, 0.05) is 55.6 Å². The van der Waals surface area contributed by atoms with E-state index in [1.807, 2.05) is 45.0 Å². The van der Waals surface area contributed by atoms with E-state index in [0.29, 0.717) is 29.8 Å². The van der Waals surface area contributed by atoms with Gasteiger partial charge in [-0.05, 0) is 78.3 Å². The summed E-state index contributed by atoms with van der Waals surface area (Å²) in [6.45, 7) is 7.18. The highest BCUT2D eigenvalue weighted by atomic mass is 19.1. The van der Waals surface area contributed by atoms with Gasteiger partial charge in [-0.15, -0.1) is 0 Å². The van der Waals surface area contributed by atoms with Crippen LogP contribution in [0.4, 0.5) is 8.78 Å². The Morgan fingerprint density at radius 3 is 2.11 bits per heavy atom. The van der Waals surface area contributed by atoms with Crippen LogP contribution >= 0.6 is 0 Å². The second-order valence-corrected chi connectivity index (χ2v) is 11.5. The van der Waals surface area contributed by atoms with E-state index in [4.69, 9.17) is 10.5 Å². The zero-order valence-electron chi connectivity index (χ0n) is 27.7. The number of aryl methyl sites for hydroxylation is 1. The minimum absolute atomic E-state index is 0.00647. The number of nitrogens with two attached hydrogens (primary N) is 1. The molecular formula is C37H46F2N4O4. The maximum absolute atomic E-state index is 14.3. The lowest BCUT2D eigenvalue weighted by molar-refractivity contribution is 0.0554. The van der Waals surface area contributed by atoms with Gasteiger partial charge in [0.25, 0.3) is 11.8 Å². The van der Waals surface area contributed by atoms with Crippen molar-refractivity contribution in [1.82, 2.24) is 9.80 Å². The number of aliphatic hydroxyl groups excluding tert-OH is 1. The standard InChI is InChI=1S/C37H46F2N4O4/c1-5-12-42(13-6-2)36(45)30-16-29(23-41-11-14-47-4)17-31(21-30)37(46)43(24-27-10-8-9-26(7-3)15-27)25-35(44)34(40)20-28-18-32(38)22-33(39)19-28/h8-11,14-19,21-23,34-35,44H,5-7,12-13,20,24-25,40H2,1-4H3/b14-11-,41-23?. The Labute approximate surface area is 276 Å². The second-order valence-electron chi connectivity index (χ2n) is 11.5. The quantitative estimate of drug-likeness (QED) is 0.140. The molecule has 3 N–H and O–H groups in total. The number of amides is 2. The van der Waals surface area contributed by atoms with Crippen LogP contribution in [0.5, 0.6) is 0 Å². The number of carbonyl (C=O) groups is 2. The number of hydrogen-bond donors (Lipinski definition) is 2. The fraction of sp³-hybridized carbons (Fsp3) is 0.378. The van der Waals surface area contributed by atoms with Crippen LogP contribution in [0.1, 0.15) is 76.6 Å². The third kappa shape index (κ3) is 11.4. The number of aliphatic hydroxyl groups is 1. The summed E-state index contributed by atoms with van der Waals surface area (Å²) in [5.74, 6) is -2.10. The number of halogens is 2. The van der Waals surface area contributed by atoms with E-state index < -0.39 is 29.7 Å². The molecule has 0 aliphatic heterocycles.